The summed E-state index contributed by atoms with van der Waals surface area (Å²) in [7, 11) is 0. The van der Waals surface area contributed by atoms with Crippen LogP contribution in [0.1, 0.15) is 51.4 Å². The highest BCUT2D eigenvalue weighted by molar-refractivity contribution is 5.85. The van der Waals surface area contributed by atoms with Crippen molar-refractivity contribution in [3.05, 3.63) is 0 Å². The lowest BCUT2D eigenvalue weighted by Crippen LogP contribution is -2.53. The minimum Gasteiger partial charge on any atom is -0.342 e. The number of nitrogens with two attached hydrogens (primary N) is 1. The van der Waals surface area contributed by atoms with E-state index in [0.29, 0.717) is 17.7 Å². The average Bonchev–Trinajstić information content (AvgIpc) is 2.46. The molecule has 0 spiro atoms. The molecule has 5 aliphatic rings. The van der Waals surface area contributed by atoms with Crippen molar-refractivity contribution in [2.24, 2.45) is 41.2 Å². The van der Waals surface area contributed by atoms with Gasteiger partial charge in [-0.05, 0) is 87.5 Å². The number of rotatable bonds is 3. The van der Waals surface area contributed by atoms with Gasteiger partial charge in [0.25, 0.3) is 0 Å². The van der Waals surface area contributed by atoms with Crippen molar-refractivity contribution in [2.75, 3.05) is 19.6 Å². The van der Waals surface area contributed by atoms with Crippen LogP contribution in [0, 0.1) is 35.5 Å². The fourth-order valence-corrected chi connectivity index (χ4v) is 6.28. The molecule has 5 rings (SSSR count). The number of carbonyl (C=O) groups excluding carboxylic acids is 1. The monoisotopic (exact) mass is 326 g/mol. The number of carbonyl (C=O) groups is 1. The molecule has 0 aromatic carbocycles. The standard InChI is InChI=1S/C18H30N2O.ClH/c19-4-3-12-2-1-5-20(11-12)18(21)17-15-7-13-6-14(9-15)10-16(17)8-13;/h12-17H,1-11,19H2;1H. The van der Waals surface area contributed by atoms with Crippen LogP contribution in [-0.4, -0.2) is 30.4 Å². The molecular formula is C18H31ClN2O. The zero-order valence-corrected chi connectivity index (χ0v) is 14.4. The summed E-state index contributed by atoms with van der Waals surface area (Å²) < 4.78 is 0. The Morgan fingerprint density at radius 1 is 1.05 bits per heavy atom. The minimum absolute atomic E-state index is 0. The zero-order chi connectivity index (χ0) is 14.4. The average molecular weight is 327 g/mol. The van der Waals surface area contributed by atoms with E-state index in [2.05, 4.69) is 4.90 Å². The van der Waals surface area contributed by atoms with Gasteiger partial charge in [-0.15, -0.1) is 12.4 Å². The highest BCUT2D eigenvalue weighted by atomic mass is 35.5. The van der Waals surface area contributed by atoms with Gasteiger partial charge in [0.05, 0.1) is 0 Å². The van der Waals surface area contributed by atoms with Crippen molar-refractivity contribution in [1.29, 1.82) is 0 Å². The van der Waals surface area contributed by atoms with Gasteiger partial charge in [-0.2, -0.15) is 0 Å². The quantitative estimate of drug-likeness (QED) is 0.866. The lowest BCUT2D eigenvalue weighted by Gasteiger charge is -2.54. The van der Waals surface area contributed by atoms with Gasteiger partial charge in [-0.25, -0.2) is 0 Å². The summed E-state index contributed by atoms with van der Waals surface area (Å²) in [6.07, 6.45) is 10.4. The van der Waals surface area contributed by atoms with E-state index in [0.717, 1.165) is 49.7 Å². The third-order valence-electron chi connectivity index (χ3n) is 6.92. The molecule has 22 heavy (non-hydrogen) atoms. The SMILES string of the molecule is Cl.NCCC1CCCN(C(=O)C2C3CC4CC(C3)CC2C4)C1. The molecule has 0 aromatic rings. The number of likely N-dealkylation sites (tertiary alicyclic amines) is 1. The molecule has 2 N–H and O–H groups in total. The molecule has 4 aliphatic carbocycles. The molecule has 4 heteroatoms. The van der Waals surface area contributed by atoms with Gasteiger partial charge in [0, 0.05) is 19.0 Å². The van der Waals surface area contributed by atoms with Crippen LogP contribution in [0.3, 0.4) is 0 Å². The summed E-state index contributed by atoms with van der Waals surface area (Å²) in [5.74, 6) is 4.93. The van der Waals surface area contributed by atoms with Crippen LogP contribution in [-0.2, 0) is 4.79 Å². The second-order valence-corrected chi connectivity index (χ2v) is 8.33. The van der Waals surface area contributed by atoms with Crippen LogP contribution in [0.4, 0.5) is 0 Å². The van der Waals surface area contributed by atoms with E-state index >= 15 is 0 Å². The van der Waals surface area contributed by atoms with Crippen LogP contribution in [0.15, 0.2) is 0 Å². The van der Waals surface area contributed by atoms with Crippen LogP contribution in [0.25, 0.3) is 0 Å². The fourth-order valence-electron chi connectivity index (χ4n) is 6.28. The number of halogens is 1. The Balaban J connectivity index is 0.00000144. The Kier molecular flexibility index (Phi) is 5.04. The number of piperidine rings is 1. The van der Waals surface area contributed by atoms with Crippen molar-refractivity contribution in [2.45, 2.75) is 51.4 Å². The summed E-state index contributed by atoms with van der Waals surface area (Å²) in [6.45, 7) is 2.76. The lowest BCUT2D eigenvalue weighted by molar-refractivity contribution is -0.151. The van der Waals surface area contributed by atoms with Gasteiger partial charge in [-0.1, -0.05) is 0 Å². The van der Waals surface area contributed by atoms with Crippen molar-refractivity contribution < 1.29 is 4.79 Å². The molecule has 0 aromatic heterocycles. The molecule has 1 heterocycles. The molecule has 5 fully saturated rings. The normalized spacial score (nSPS) is 43.0. The molecule has 4 bridgehead atoms. The summed E-state index contributed by atoms with van der Waals surface area (Å²) in [5.41, 5.74) is 5.72. The van der Waals surface area contributed by atoms with Crippen molar-refractivity contribution in [3.63, 3.8) is 0 Å². The predicted octanol–water partition coefficient (Wildman–Crippen LogP) is 3.07. The maximum atomic E-state index is 13.1. The highest BCUT2D eigenvalue weighted by Crippen LogP contribution is 2.57. The Hall–Kier alpha value is -0.280. The third-order valence-corrected chi connectivity index (χ3v) is 6.92. The lowest BCUT2D eigenvalue weighted by atomic mass is 9.51. The van der Waals surface area contributed by atoms with Crippen LogP contribution >= 0.6 is 12.4 Å². The van der Waals surface area contributed by atoms with E-state index in [4.69, 9.17) is 5.73 Å². The Morgan fingerprint density at radius 3 is 2.27 bits per heavy atom. The molecule has 1 saturated heterocycles. The molecule has 4 saturated carbocycles. The highest BCUT2D eigenvalue weighted by Gasteiger charge is 2.51. The Morgan fingerprint density at radius 2 is 1.68 bits per heavy atom. The first-order chi connectivity index (χ1) is 10.2. The Bertz CT molecular complexity index is 384. The molecular weight excluding hydrogens is 296 g/mol. The molecule has 1 atom stereocenters. The van der Waals surface area contributed by atoms with E-state index in [1.165, 1.54) is 44.9 Å². The number of amides is 1. The van der Waals surface area contributed by atoms with Crippen molar-refractivity contribution >= 4 is 18.3 Å². The topological polar surface area (TPSA) is 46.3 Å². The summed E-state index contributed by atoms with van der Waals surface area (Å²) >= 11 is 0. The van der Waals surface area contributed by atoms with Gasteiger partial charge >= 0.3 is 0 Å². The van der Waals surface area contributed by atoms with E-state index in [1.807, 2.05) is 0 Å². The number of nitrogens with zero attached hydrogens (tertiary/aromatic N) is 1. The number of hydrogen-bond acceptors (Lipinski definition) is 2. The van der Waals surface area contributed by atoms with Gasteiger partial charge < -0.3 is 10.6 Å². The molecule has 126 valence electrons. The maximum Gasteiger partial charge on any atom is 0.226 e. The summed E-state index contributed by atoms with van der Waals surface area (Å²) in [4.78, 5) is 15.4. The second kappa shape index (κ2) is 6.68. The fraction of sp³-hybridized carbons (Fsp3) is 0.944. The van der Waals surface area contributed by atoms with Crippen LogP contribution in [0.2, 0.25) is 0 Å². The van der Waals surface area contributed by atoms with Crippen LogP contribution in [0.5, 0.6) is 0 Å². The molecule has 1 unspecified atom stereocenters. The van der Waals surface area contributed by atoms with E-state index in [9.17, 15) is 4.79 Å². The van der Waals surface area contributed by atoms with E-state index in [1.54, 1.807) is 0 Å². The van der Waals surface area contributed by atoms with Gasteiger partial charge in [0.1, 0.15) is 0 Å². The molecule has 0 radical (unpaired) electrons. The molecule has 1 aliphatic heterocycles. The van der Waals surface area contributed by atoms with Gasteiger partial charge in [0.15, 0.2) is 0 Å². The predicted molar refractivity (Wildman–Crippen MR) is 90.8 cm³/mol. The van der Waals surface area contributed by atoms with Gasteiger partial charge in [-0.3, -0.25) is 4.79 Å². The van der Waals surface area contributed by atoms with E-state index < -0.39 is 0 Å². The third kappa shape index (κ3) is 2.91. The smallest absolute Gasteiger partial charge is 0.226 e. The first-order valence-electron chi connectivity index (χ1n) is 9.23. The number of hydrogen-bond donors (Lipinski definition) is 1. The Labute approximate surface area is 140 Å². The summed E-state index contributed by atoms with van der Waals surface area (Å²) in [5, 5.41) is 0. The second-order valence-electron chi connectivity index (χ2n) is 8.33. The molecule has 1 amide bonds. The van der Waals surface area contributed by atoms with Crippen molar-refractivity contribution in [3.8, 4) is 0 Å². The van der Waals surface area contributed by atoms with Crippen molar-refractivity contribution in [1.82, 2.24) is 4.90 Å². The minimum atomic E-state index is 0. The maximum absolute atomic E-state index is 13.1. The van der Waals surface area contributed by atoms with Crippen LogP contribution < -0.4 is 5.73 Å². The zero-order valence-electron chi connectivity index (χ0n) is 13.6. The van der Waals surface area contributed by atoms with Gasteiger partial charge in [0.2, 0.25) is 5.91 Å². The first kappa shape index (κ1) is 16.6. The largest absolute Gasteiger partial charge is 0.342 e. The first-order valence-corrected chi connectivity index (χ1v) is 9.23. The van der Waals surface area contributed by atoms with E-state index in [-0.39, 0.29) is 12.4 Å². The molecule has 3 nitrogen and oxygen atoms in total. The summed E-state index contributed by atoms with van der Waals surface area (Å²) in [6, 6.07) is 0.